The molecular weight excluding hydrogens is 260 g/mol. The molecule has 0 heterocycles. The summed E-state index contributed by atoms with van der Waals surface area (Å²) in [5.41, 5.74) is 6.53. The molecule has 0 spiro atoms. The molecule has 1 aliphatic rings. The van der Waals surface area contributed by atoms with Crippen LogP contribution in [0.3, 0.4) is 0 Å². The second-order valence-corrected chi connectivity index (χ2v) is 5.34. The number of hydrogen-bond donors (Lipinski definition) is 2. The Balaban J connectivity index is 1.66. The number of carbonyl (C=O) groups is 1. The van der Waals surface area contributed by atoms with E-state index in [2.05, 4.69) is 53.1 Å². The summed E-state index contributed by atoms with van der Waals surface area (Å²) in [5.74, 6) is 0.0959. The van der Waals surface area contributed by atoms with Crippen LogP contribution in [-0.2, 0) is 11.2 Å². The molecule has 0 aliphatic heterocycles. The Kier molecular flexibility index (Phi) is 3.91. The molecule has 0 radical (unpaired) electrons. The van der Waals surface area contributed by atoms with E-state index in [-0.39, 0.29) is 5.91 Å². The van der Waals surface area contributed by atoms with Crippen molar-refractivity contribution in [1.82, 2.24) is 5.32 Å². The van der Waals surface area contributed by atoms with Crippen molar-refractivity contribution in [1.29, 1.82) is 0 Å². The van der Waals surface area contributed by atoms with Crippen molar-refractivity contribution in [2.24, 2.45) is 0 Å². The zero-order chi connectivity index (χ0) is 14.7. The molecule has 21 heavy (non-hydrogen) atoms. The molecule has 2 N–H and O–H groups in total. The molecule has 0 fully saturated rings. The van der Waals surface area contributed by atoms with Crippen LogP contribution in [0.1, 0.15) is 24.5 Å². The maximum atomic E-state index is 11.4. The third-order valence-electron chi connectivity index (χ3n) is 3.85. The summed E-state index contributed by atoms with van der Waals surface area (Å²) in [7, 11) is 0. The first-order valence-electron chi connectivity index (χ1n) is 7.49. The van der Waals surface area contributed by atoms with Gasteiger partial charge in [-0.25, -0.2) is 0 Å². The summed E-state index contributed by atoms with van der Waals surface area (Å²) < 4.78 is 0. The normalized spacial score (nSPS) is 11.7. The number of nitrogens with one attached hydrogen (secondary N) is 2. The maximum Gasteiger partial charge on any atom is 0.221 e. The number of carbonyl (C=O) groups excluding carboxylic acids is 1. The van der Waals surface area contributed by atoms with Gasteiger partial charge in [-0.15, -0.1) is 0 Å². The van der Waals surface area contributed by atoms with E-state index < -0.39 is 0 Å². The average molecular weight is 280 g/mol. The molecule has 2 aromatic rings. The highest BCUT2D eigenvalue weighted by Crippen LogP contribution is 2.37. The fourth-order valence-corrected chi connectivity index (χ4v) is 2.86. The van der Waals surface area contributed by atoms with E-state index in [4.69, 9.17) is 0 Å². The van der Waals surface area contributed by atoms with E-state index in [9.17, 15) is 4.79 Å². The second kappa shape index (κ2) is 6.00. The topological polar surface area (TPSA) is 41.1 Å². The van der Waals surface area contributed by atoms with E-state index in [1.165, 1.54) is 22.3 Å². The van der Waals surface area contributed by atoms with Gasteiger partial charge in [0, 0.05) is 25.2 Å². The van der Waals surface area contributed by atoms with Crippen LogP contribution in [0.15, 0.2) is 42.5 Å². The van der Waals surface area contributed by atoms with Crippen molar-refractivity contribution >= 4 is 11.6 Å². The van der Waals surface area contributed by atoms with E-state index in [0.717, 1.165) is 12.1 Å². The van der Waals surface area contributed by atoms with Crippen LogP contribution in [-0.4, -0.2) is 19.0 Å². The van der Waals surface area contributed by atoms with Crippen LogP contribution in [0.4, 0.5) is 5.69 Å². The number of anilines is 1. The lowest BCUT2D eigenvalue weighted by molar-refractivity contribution is -0.120. The highest BCUT2D eigenvalue weighted by atomic mass is 16.1. The Morgan fingerprint density at radius 3 is 2.76 bits per heavy atom. The van der Waals surface area contributed by atoms with Crippen molar-refractivity contribution in [2.75, 3.05) is 18.4 Å². The van der Waals surface area contributed by atoms with Crippen LogP contribution in [0, 0.1) is 0 Å². The third kappa shape index (κ3) is 2.92. The molecule has 0 saturated carbocycles. The quantitative estimate of drug-likeness (QED) is 0.753. The minimum Gasteiger partial charge on any atom is -0.385 e. The van der Waals surface area contributed by atoms with Gasteiger partial charge < -0.3 is 10.6 Å². The van der Waals surface area contributed by atoms with Gasteiger partial charge in [0.05, 0.1) is 0 Å². The van der Waals surface area contributed by atoms with E-state index in [1.54, 1.807) is 0 Å². The van der Waals surface area contributed by atoms with Gasteiger partial charge in [-0.1, -0.05) is 30.3 Å². The van der Waals surface area contributed by atoms with Gasteiger partial charge in [-0.05, 0) is 47.7 Å². The van der Waals surface area contributed by atoms with Crippen molar-refractivity contribution in [3.8, 4) is 11.1 Å². The van der Waals surface area contributed by atoms with Gasteiger partial charge in [0.25, 0.3) is 0 Å². The number of amides is 1. The van der Waals surface area contributed by atoms with Gasteiger partial charge in [0.2, 0.25) is 5.91 Å². The summed E-state index contributed by atoms with van der Waals surface area (Å²) in [4.78, 5) is 11.4. The van der Waals surface area contributed by atoms with Gasteiger partial charge in [0.15, 0.2) is 0 Å². The molecule has 1 amide bonds. The number of benzene rings is 2. The molecule has 0 saturated heterocycles. The summed E-state index contributed by atoms with van der Waals surface area (Å²) in [6.07, 6.45) is 1.50. The third-order valence-corrected chi connectivity index (χ3v) is 3.85. The molecule has 0 atom stereocenters. The Morgan fingerprint density at radius 1 is 1.10 bits per heavy atom. The smallest absolute Gasteiger partial charge is 0.221 e. The van der Waals surface area contributed by atoms with Gasteiger partial charge in [-0.3, -0.25) is 4.79 Å². The predicted molar refractivity (Wildman–Crippen MR) is 86.5 cm³/mol. The highest BCUT2D eigenvalue weighted by molar-refractivity contribution is 5.79. The second-order valence-electron chi connectivity index (χ2n) is 5.34. The largest absolute Gasteiger partial charge is 0.385 e. The summed E-state index contributed by atoms with van der Waals surface area (Å²) in [5, 5.41) is 6.14. The van der Waals surface area contributed by atoms with Gasteiger partial charge in [-0.2, -0.15) is 0 Å². The first-order valence-corrected chi connectivity index (χ1v) is 7.49. The van der Waals surface area contributed by atoms with Crippen LogP contribution in [0.5, 0.6) is 0 Å². The van der Waals surface area contributed by atoms with Crippen LogP contribution < -0.4 is 10.6 Å². The Morgan fingerprint density at radius 2 is 1.90 bits per heavy atom. The predicted octanol–water partition coefficient (Wildman–Crippen LogP) is 3.20. The molecule has 0 bridgehead atoms. The van der Waals surface area contributed by atoms with E-state index in [1.807, 2.05) is 6.92 Å². The number of hydrogen-bond acceptors (Lipinski definition) is 2. The number of rotatable bonds is 5. The first-order chi connectivity index (χ1) is 10.3. The molecule has 3 heteroatoms. The maximum absolute atomic E-state index is 11.4. The molecule has 0 aromatic heterocycles. The Labute approximate surface area is 125 Å². The summed E-state index contributed by atoms with van der Waals surface area (Å²) >= 11 is 0. The minimum atomic E-state index is 0.0959. The van der Waals surface area contributed by atoms with Crippen LogP contribution >= 0.6 is 0 Å². The van der Waals surface area contributed by atoms with Crippen LogP contribution in [0.25, 0.3) is 11.1 Å². The van der Waals surface area contributed by atoms with Crippen molar-refractivity contribution in [3.05, 3.63) is 53.6 Å². The van der Waals surface area contributed by atoms with E-state index in [0.29, 0.717) is 19.5 Å². The standard InChI is InChI=1S/C18H20N2O/c1-2-19-18(21)9-10-20-15-7-8-17-14(12-15)11-13-5-3-4-6-16(13)17/h3-8,12,20H,2,9-11H2,1H3,(H,19,21). The lowest BCUT2D eigenvalue weighted by Gasteiger charge is -2.08. The van der Waals surface area contributed by atoms with E-state index >= 15 is 0 Å². The fraction of sp³-hybridized carbons (Fsp3) is 0.278. The molecule has 1 aliphatic carbocycles. The SMILES string of the molecule is CCNC(=O)CCNc1ccc2c(c1)Cc1ccccc1-2. The molecule has 2 aromatic carbocycles. The molecule has 108 valence electrons. The van der Waals surface area contributed by atoms with Crippen molar-refractivity contribution in [3.63, 3.8) is 0 Å². The fourth-order valence-electron chi connectivity index (χ4n) is 2.86. The molecule has 3 nitrogen and oxygen atoms in total. The van der Waals surface area contributed by atoms with Gasteiger partial charge in [0.1, 0.15) is 0 Å². The monoisotopic (exact) mass is 280 g/mol. The Bertz CT molecular complexity index is 664. The zero-order valence-corrected chi connectivity index (χ0v) is 12.3. The number of fused-ring (bicyclic) bond motifs is 3. The summed E-state index contributed by atoms with van der Waals surface area (Å²) in [6, 6.07) is 15.0. The summed E-state index contributed by atoms with van der Waals surface area (Å²) in [6.45, 7) is 3.29. The average Bonchev–Trinajstić information content (AvgIpc) is 2.85. The molecular formula is C18H20N2O. The van der Waals surface area contributed by atoms with Crippen molar-refractivity contribution in [2.45, 2.75) is 19.8 Å². The molecule has 3 rings (SSSR count). The lowest BCUT2D eigenvalue weighted by atomic mass is 10.1. The lowest BCUT2D eigenvalue weighted by Crippen LogP contribution is -2.24. The van der Waals surface area contributed by atoms with Gasteiger partial charge >= 0.3 is 0 Å². The van der Waals surface area contributed by atoms with Crippen molar-refractivity contribution < 1.29 is 4.79 Å². The minimum absolute atomic E-state index is 0.0959. The molecule has 0 unspecified atom stereocenters. The highest BCUT2D eigenvalue weighted by Gasteiger charge is 2.17. The first kappa shape index (κ1) is 13.7. The Hall–Kier alpha value is -2.29. The zero-order valence-electron chi connectivity index (χ0n) is 12.3. The van der Waals surface area contributed by atoms with Crippen LogP contribution in [0.2, 0.25) is 0 Å².